The van der Waals surface area contributed by atoms with E-state index in [2.05, 4.69) is 20.9 Å². The summed E-state index contributed by atoms with van der Waals surface area (Å²) in [6.07, 6.45) is 0.446. The fourth-order valence-corrected chi connectivity index (χ4v) is 1.64. The molecule has 2 atom stereocenters. The second-order valence-corrected chi connectivity index (χ2v) is 4.11. The first-order valence-corrected chi connectivity index (χ1v) is 5.16. The highest BCUT2D eigenvalue weighted by molar-refractivity contribution is 9.10. The molecule has 1 aromatic rings. The van der Waals surface area contributed by atoms with Crippen molar-refractivity contribution in [3.8, 4) is 0 Å². The van der Waals surface area contributed by atoms with Gasteiger partial charge >= 0.3 is 6.20 Å². The van der Waals surface area contributed by atoms with Crippen molar-refractivity contribution in [1.29, 1.82) is 5.39 Å². The Bertz CT molecular complexity index is 436. The lowest BCUT2D eigenvalue weighted by Crippen LogP contribution is -1.92. The highest BCUT2D eigenvalue weighted by Crippen LogP contribution is 2.42. The maximum Gasteiger partial charge on any atom is 0.390 e. The van der Waals surface area contributed by atoms with Crippen LogP contribution >= 0.6 is 15.9 Å². The van der Waals surface area contributed by atoms with Gasteiger partial charge in [0.25, 0.3) is 0 Å². The molecule has 1 aromatic carbocycles. The van der Waals surface area contributed by atoms with E-state index >= 15 is 0 Å². The molecular weight excluding hydrogens is 260 g/mol. The molecule has 1 aliphatic heterocycles. The minimum atomic E-state index is -0.387. The van der Waals surface area contributed by atoms with Crippen molar-refractivity contribution in [1.82, 2.24) is 0 Å². The highest BCUT2D eigenvalue weighted by atomic mass is 79.9. The van der Waals surface area contributed by atoms with Crippen molar-refractivity contribution in [3.05, 3.63) is 51.2 Å². The summed E-state index contributed by atoms with van der Waals surface area (Å²) in [6.45, 7) is 0. The van der Waals surface area contributed by atoms with Crippen LogP contribution in [0.1, 0.15) is 11.7 Å². The molecule has 2 rings (SSSR count). The predicted molar refractivity (Wildman–Crippen MR) is 57.6 cm³/mol. The number of aliphatic hydroxyl groups excluding tert-OH is 1. The number of hydrogen-bond acceptors (Lipinski definition) is 3. The number of epoxide rings is 1. The molecule has 1 aliphatic rings. The summed E-state index contributed by atoms with van der Waals surface area (Å²) in [7, 11) is 0. The first-order chi connectivity index (χ1) is 7.22. The van der Waals surface area contributed by atoms with Gasteiger partial charge in [0.1, 0.15) is 6.10 Å². The standard InChI is InChI=1S/C10H7BrN2O2/c11-7-3-1-6(2-4-7)9-10(15-9)8(14)5-13-12/h1-5,9-10H/p+1. The normalized spacial score (nSPS) is 24.7. The second-order valence-electron chi connectivity index (χ2n) is 3.20. The van der Waals surface area contributed by atoms with Gasteiger partial charge in [-0.15, -0.1) is 0 Å². The molecule has 0 bridgehead atoms. The summed E-state index contributed by atoms with van der Waals surface area (Å²) in [5.74, 6) is -0.0644. The molecule has 4 nitrogen and oxygen atoms in total. The fraction of sp³-hybridized carbons (Fsp3) is 0.200. The number of hydrogen-bond donors (Lipinski definition) is 1. The van der Waals surface area contributed by atoms with E-state index < -0.39 is 0 Å². The number of benzene rings is 1. The average Bonchev–Trinajstić information content (AvgIpc) is 2.99. The Morgan fingerprint density at radius 3 is 2.73 bits per heavy atom. The summed E-state index contributed by atoms with van der Waals surface area (Å²) in [6, 6.07) is 7.65. The van der Waals surface area contributed by atoms with E-state index in [4.69, 9.17) is 10.1 Å². The number of aliphatic hydroxyl groups is 1. The van der Waals surface area contributed by atoms with E-state index in [1.807, 2.05) is 24.3 Å². The third-order valence-corrected chi connectivity index (χ3v) is 2.70. The quantitative estimate of drug-likeness (QED) is 0.509. The lowest BCUT2D eigenvalue weighted by Gasteiger charge is -1.94. The Morgan fingerprint density at radius 2 is 2.13 bits per heavy atom. The third-order valence-electron chi connectivity index (χ3n) is 2.17. The molecule has 2 unspecified atom stereocenters. The van der Waals surface area contributed by atoms with Crippen LogP contribution in [0.25, 0.3) is 4.98 Å². The van der Waals surface area contributed by atoms with Gasteiger partial charge in [-0.2, -0.15) is 0 Å². The van der Waals surface area contributed by atoms with Crippen LogP contribution in [0.3, 0.4) is 0 Å². The zero-order valence-corrected chi connectivity index (χ0v) is 9.26. The Balaban J connectivity index is 2.09. The van der Waals surface area contributed by atoms with Crippen LogP contribution in [-0.4, -0.2) is 11.2 Å². The summed E-state index contributed by atoms with van der Waals surface area (Å²) < 4.78 is 6.25. The monoisotopic (exact) mass is 267 g/mol. The van der Waals surface area contributed by atoms with Crippen molar-refractivity contribution in [3.63, 3.8) is 0 Å². The molecule has 0 radical (unpaired) electrons. The van der Waals surface area contributed by atoms with Crippen LogP contribution in [0.5, 0.6) is 0 Å². The number of diazo groups is 1. The number of nitrogens with zero attached hydrogens (tertiary/aromatic N) is 2. The molecule has 1 heterocycles. The van der Waals surface area contributed by atoms with E-state index in [1.165, 1.54) is 0 Å². The highest BCUT2D eigenvalue weighted by Gasteiger charge is 2.45. The van der Waals surface area contributed by atoms with E-state index in [0.29, 0.717) is 0 Å². The summed E-state index contributed by atoms with van der Waals surface area (Å²) >= 11 is 3.33. The van der Waals surface area contributed by atoms with Gasteiger partial charge < -0.3 is 9.84 Å². The van der Waals surface area contributed by atoms with Crippen molar-refractivity contribution in [2.24, 2.45) is 0 Å². The minimum Gasteiger partial charge on any atom is -0.503 e. The Kier molecular flexibility index (Phi) is 2.71. The molecule has 1 saturated heterocycles. The topological polar surface area (TPSA) is 60.9 Å². The van der Waals surface area contributed by atoms with Crippen LogP contribution in [0, 0.1) is 5.39 Å². The van der Waals surface area contributed by atoms with Gasteiger partial charge in [-0.3, -0.25) is 0 Å². The maximum absolute atomic E-state index is 9.35. The molecule has 5 heteroatoms. The van der Waals surface area contributed by atoms with Crippen LogP contribution in [-0.2, 0) is 4.74 Å². The van der Waals surface area contributed by atoms with Crippen molar-refractivity contribution in [2.45, 2.75) is 12.2 Å². The van der Waals surface area contributed by atoms with Gasteiger partial charge in [0.15, 0.2) is 11.1 Å². The molecule has 0 amide bonds. The zero-order valence-electron chi connectivity index (χ0n) is 7.67. The van der Waals surface area contributed by atoms with Crippen LogP contribution < -0.4 is 0 Å². The van der Waals surface area contributed by atoms with Gasteiger partial charge in [0, 0.05) is 4.47 Å². The zero-order chi connectivity index (χ0) is 10.8. The van der Waals surface area contributed by atoms with Gasteiger partial charge in [-0.1, -0.05) is 28.1 Å². The number of ether oxygens (including phenoxy) is 1. The molecular formula is C10H8BrN2O2+. The first-order valence-electron chi connectivity index (χ1n) is 4.36. The molecule has 1 N–H and O–H groups in total. The molecule has 76 valence electrons. The van der Waals surface area contributed by atoms with Gasteiger partial charge in [-0.25, -0.2) is 0 Å². The van der Waals surface area contributed by atoms with Crippen LogP contribution in [0.15, 0.2) is 40.7 Å². The molecule has 0 spiro atoms. The van der Waals surface area contributed by atoms with E-state index in [0.717, 1.165) is 16.2 Å². The smallest absolute Gasteiger partial charge is 0.390 e. The van der Waals surface area contributed by atoms with Gasteiger partial charge in [0.05, 0.1) is 0 Å². The van der Waals surface area contributed by atoms with E-state index in [1.54, 1.807) is 0 Å². The van der Waals surface area contributed by atoms with Crippen molar-refractivity contribution >= 4 is 15.9 Å². The second kappa shape index (κ2) is 4.01. The largest absolute Gasteiger partial charge is 0.503 e. The van der Waals surface area contributed by atoms with Crippen LogP contribution in [0.2, 0.25) is 0 Å². The summed E-state index contributed by atoms with van der Waals surface area (Å²) in [5.41, 5.74) is 0.987. The lowest BCUT2D eigenvalue weighted by atomic mass is 10.1. The van der Waals surface area contributed by atoms with Crippen molar-refractivity contribution in [2.75, 3.05) is 0 Å². The third kappa shape index (κ3) is 2.17. The SMILES string of the molecule is N#[N+]C=C(O)C1OC1c1ccc(Br)cc1. The Labute approximate surface area is 94.9 Å². The Hall–Kier alpha value is -1.38. The minimum absolute atomic E-state index is 0.0644. The summed E-state index contributed by atoms with van der Waals surface area (Å²) in [4.78, 5) is 2.74. The number of halogens is 1. The molecule has 0 aliphatic carbocycles. The van der Waals surface area contributed by atoms with Crippen LogP contribution in [0.4, 0.5) is 0 Å². The van der Waals surface area contributed by atoms with Crippen molar-refractivity contribution < 1.29 is 9.84 Å². The van der Waals surface area contributed by atoms with E-state index in [-0.39, 0.29) is 18.0 Å². The summed E-state index contributed by atoms with van der Waals surface area (Å²) in [5, 5.41) is 17.6. The lowest BCUT2D eigenvalue weighted by molar-refractivity contribution is 0.317. The molecule has 1 fully saturated rings. The Morgan fingerprint density at radius 1 is 1.47 bits per heavy atom. The molecule has 0 saturated carbocycles. The molecule has 15 heavy (non-hydrogen) atoms. The first kappa shape index (κ1) is 10.1. The average molecular weight is 268 g/mol. The number of rotatable bonds is 2. The maximum atomic E-state index is 9.35. The fourth-order valence-electron chi connectivity index (χ4n) is 1.38. The van der Waals surface area contributed by atoms with Gasteiger partial charge in [-0.05, 0) is 17.7 Å². The predicted octanol–water partition coefficient (Wildman–Crippen LogP) is 3.14. The molecule has 0 aromatic heterocycles. The van der Waals surface area contributed by atoms with Gasteiger partial charge in [0.2, 0.25) is 11.2 Å². The van der Waals surface area contributed by atoms with E-state index in [9.17, 15) is 5.11 Å².